The molecule has 1 N–H and O–H groups in total. The third-order valence-electron chi connectivity index (χ3n) is 2.92. The van der Waals surface area contributed by atoms with Gasteiger partial charge in [-0.1, -0.05) is 6.07 Å². The minimum Gasteiger partial charge on any atom is -0.325 e. The predicted octanol–water partition coefficient (Wildman–Crippen LogP) is 2.39. The number of halogens is 1. The van der Waals surface area contributed by atoms with E-state index in [2.05, 4.69) is 20.9 Å². The summed E-state index contributed by atoms with van der Waals surface area (Å²) in [7, 11) is -3.34. The molecule has 0 spiro atoms. The van der Waals surface area contributed by atoms with Crippen molar-refractivity contribution in [1.82, 2.24) is 4.98 Å². The van der Waals surface area contributed by atoms with E-state index in [-0.39, 0.29) is 10.5 Å². The molecule has 0 saturated carbocycles. The first kappa shape index (κ1) is 15.5. The zero-order chi connectivity index (χ0) is 15.8. The molecule has 0 atom stereocenters. The lowest BCUT2D eigenvalue weighted by molar-refractivity contribution is 0.601. The third-order valence-corrected chi connectivity index (χ3v) is 5.00. The van der Waals surface area contributed by atoms with Crippen LogP contribution in [0.1, 0.15) is 11.3 Å². The number of aromatic nitrogens is 1. The second-order valence-corrected chi connectivity index (χ2v) is 7.44. The first-order valence-corrected chi connectivity index (χ1v) is 8.56. The van der Waals surface area contributed by atoms with Crippen molar-refractivity contribution in [2.24, 2.45) is 0 Å². The molecule has 0 saturated heterocycles. The molecular weight excluding hydrogens is 356 g/mol. The molecule has 1 aromatic heterocycles. The number of hydrogen-bond acceptors (Lipinski definition) is 4. The topological polar surface area (TPSA) is 90.8 Å². The molecule has 21 heavy (non-hydrogen) atoms. The highest BCUT2D eigenvalue weighted by Crippen LogP contribution is 2.29. The summed E-state index contributed by atoms with van der Waals surface area (Å²) >= 11 is 3.22. The van der Waals surface area contributed by atoms with Gasteiger partial charge in [0.25, 0.3) is 5.56 Å². The summed E-state index contributed by atoms with van der Waals surface area (Å²) in [5, 5.41) is 9.13. The fraction of sp³-hybridized carbons (Fsp3) is 0.143. The van der Waals surface area contributed by atoms with E-state index in [1.807, 2.05) is 6.07 Å². The Balaban J connectivity index is 2.73. The lowest BCUT2D eigenvalue weighted by atomic mass is 10.0. The highest BCUT2D eigenvalue weighted by molar-refractivity contribution is 9.10. The van der Waals surface area contributed by atoms with Crippen LogP contribution in [-0.2, 0) is 9.84 Å². The second kappa shape index (κ2) is 5.47. The van der Waals surface area contributed by atoms with E-state index in [1.54, 1.807) is 25.1 Å². The van der Waals surface area contributed by atoms with Gasteiger partial charge in [0.15, 0.2) is 9.84 Å². The normalized spacial score (nSPS) is 11.1. The zero-order valence-electron chi connectivity index (χ0n) is 11.3. The van der Waals surface area contributed by atoms with Crippen molar-refractivity contribution in [3.05, 3.63) is 50.3 Å². The van der Waals surface area contributed by atoms with Crippen molar-refractivity contribution in [2.45, 2.75) is 11.8 Å². The van der Waals surface area contributed by atoms with Gasteiger partial charge in [-0.05, 0) is 46.6 Å². The molecule has 7 heteroatoms. The zero-order valence-corrected chi connectivity index (χ0v) is 13.7. The van der Waals surface area contributed by atoms with Gasteiger partial charge in [0.1, 0.15) is 11.6 Å². The third kappa shape index (κ3) is 3.06. The maximum absolute atomic E-state index is 11.8. The minimum absolute atomic E-state index is 0.000365. The summed E-state index contributed by atoms with van der Waals surface area (Å²) in [5.74, 6) is 0. The average Bonchev–Trinajstić information content (AvgIpc) is 2.36. The van der Waals surface area contributed by atoms with Gasteiger partial charge < -0.3 is 4.98 Å². The standard InChI is InChI=1S/C14H11BrN2O3S/c1-8-5-10(11(7-16)14(18)17-8)9-3-4-13(12(15)6-9)21(2,19)20/h3-6H,1-2H3,(H,17,18). The molecule has 0 bridgehead atoms. The summed E-state index contributed by atoms with van der Waals surface area (Å²) < 4.78 is 23.6. The first-order chi connectivity index (χ1) is 9.74. The largest absolute Gasteiger partial charge is 0.325 e. The highest BCUT2D eigenvalue weighted by Gasteiger charge is 2.15. The SMILES string of the molecule is Cc1cc(-c2ccc(S(C)(=O)=O)c(Br)c2)c(C#N)c(=O)[nH]1. The Hall–Kier alpha value is -1.91. The van der Waals surface area contributed by atoms with Crippen LogP contribution >= 0.6 is 15.9 Å². The lowest BCUT2D eigenvalue weighted by Crippen LogP contribution is -2.12. The lowest BCUT2D eigenvalue weighted by Gasteiger charge is -2.08. The van der Waals surface area contributed by atoms with Crippen molar-refractivity contribution in [1.29, 1.82) is 5.26 Å². The number of hydrogen-bond donors (Lipinski definition) is 1. The minimum atomic E-state index is -3.34. The molecule has 0 aliphatic rings. The Morgan fingerprint density at radius 2 is 1.95 bits per heavy atom. The van der Waals surface area contributed by atoms with E-state index in [0.29, 0.717) is 21.3 Å². The number of nitriles is 1. The monoisotopic (exact) mass is 366 g/mol. The van der Waals surface area contributed by atoms with Crippen molar-refractivity contribution in [2.75, 3.05) is 6.26 Å². The number of sulfone groups is 1. The van der Waals surface area contributed by atoms with Gasteiger partial charge in [-0.15, -0.1) is 0 Å². The maximum atomic E-state index is 11.8. The number of pyridine rings is 1. The fourth-order valence-electron chi connectivity index (χ4n) is 2.00. The predicted molar refractivity (Wildman–Crippen MR) is 82.8 cm³/mol. The van der Waals surface area contributed by atoms with Crippen molar-refractivity contribution >= 4 is 25.8 Å². The highest BCUT2D eigenvalue weighted by atomic mass is 79.9. The number of aryl methyl sites for hydroxylation is 1. The number of rotatable bonds is 2. The quantitative estimate of drug-likeness (QED) is 0.882. The first-order valence-electron chi connectivity index (χ1n) is 5.88. The Bertz CT molecular complexity index is 924. The van der Waals surface area contributed by atoms with Gasteiger partial charge in [0.05, 0.1) is 4.90 Å². The Morgan fingerprint density at radius 1 is 1.29 bits per heavy atom. The number of nitrogens with zero attached hydrogens (tertiary/aromatic N) is 1. The molecule has 5 nitrogen and oxygen atoms in total. The van der Waals surface area contributed by atoms with Crippen LogP contribution in [0.4, 0.5) is 0 Å². The van der Waals surface area contributed by atoms with Gasteiger partial charge in [-0.2, -0.15) is 5.26 Å². The number of aromatic amines is 1. The molecule has 0 aliphatic carbocycles. The van der Waals surface area contributed by atoms with E-state index in [0.717, 1.165) is 6.26 Å². The number of nitrogens with one attached hydrogen (secondary N) is 1. The molecule has 108 valence electrons. The Morgan fingerprint density at radius 3 is 2.48 bits per heavy atom. The second-order valence-electron chi connectivity index (χ2n) is 4.60. The molecule has 0 radical (unpaired) electrons. The van der Waals surface area contributed by atoms with Crippen molar-refractivity contribution < 1.29 is 8.42 Å². The van der Waals surface area contributed by atoms with Crippen LogP contribution in [0.15, 0.2) is 38.4 Å². The smallest absolute Gasteiger partial charge is 0.266 e. The van der Waals surface area contributed by atoms with Crippen molar-refractivity contribution in [3.8, 4) is 17.2 Å². The van der Waals surface area contributed by atoms with Crippen LogP contribution in [0.5, 0.6) is 0 Å². The van der Waals surface area contributed by atoms with Crippen LogP contribution in [0.3, 0.4) is 0 Å². The fourth-order valence-corrected chi connectivity index (χ4v) is 3.99. The number of benzene rings is 1. The molecule has 1 heterocycles. The van der Waals surface area contributed by atoms with E-state index in [1.165, 1.54) is 6.07 Å². The van der Waals surface area contributed by atoms with Crippen LogP contribution in [0.2, 0.25) is 0 Å². The van der Waals surface area contributed by atoms with E-state index in [9.17, 15) is 13.2 Å². The molecule has 0 unspecified atom stereocenters. The molecule has 2 aromatic rings. The number of H-pyrrole nitrogens is 1. The Labute approximate surface area is 130 Å². The Kier molecular flexibility index (Phi) is 4.03. The summed E-state index contributed by atoms with van der Waals surface area (Å²) in [6.45, 7) is 1.71. The van der Waals surface area contributed by atoms with E-state index in [4.69, 9.17) is 5.26 Å². The summed E-state index contributed by atoms with van der Waals surface area (Å²) in [6.07, 6.45) is 1.12. The van der Waals surface area contributed by atoms with Crippen LogP contribution < -0.4 is 5.56 Å². The van der Waals surface area contributed by atoms with Crippen molar-refractivity contribution in [3.63, 3.8) is 0 Å². The maximum Gasteiger partial charge on any atom is 0.266 e. The molecule has 0 fully saturated rings. The molecule has 1 aromatic carbocycles. The molecular formula is C14H11BrN2O3S. The molecule has 2 rings (SSSR count). The summed E-state index contributed by atoms with van der Waals surface area (Å²) in [5.41, 5.74) is 1.23. The summed E-state index contributed by atoms with van der Waals surface area (Å²) in [6, 6.07) is 8.18. The van der Waals surface area contributed by atoms with Gasteiger partial charge in [0, 0.05) is 22.0 Å². The van der Waals surface area contributed by atoms with Gasteiger partial charge in [0.2, 0.25) is 0 Å². The van der Waals surface area contributed by atoms with E-state index >= 15 is 0 Å². The van der Waals surface area contributed by atoms with Gasteiger partial charge in [-0.3, -0.25) is 4.79 Å². The van der Waals surface area contributed by atoms with E-state index < -0.39 is 15.4 Å². The molecule has 0 amide bonds. The van der Waals surface area contributed by atoms with Gasteiger partial charge in [-0.25, -0.2) is 8.42 Å². The average molecular weight is 367 g/mol. The van der Waals surface area contributed by atoms with Crippen LogP contribution in [-0.4, -0.2) is 19.7 Å². The van der Waals surface area contributed by atoms with Crippen LogP contribution in [0.25, 0.3) is 11.1 Å². The van der Waals surface area contributed by atoms with Crippen LogP contribution in [0, 0.1) is 18.3 Å². The summed E-state index contributed by atoms with van der Waals surface area (Å²) in [4.78, 5) is 14.5. The molecule has 0 aliphatic heterocycles. The van der Waals surface area contributed by atoms with Gasteiger partial charge >= 0.3 is 0 Å².